The molecule has 0 saturated heterocycles. The second-order valence-electron chi connectivity index (χ2n) is 20.7. The fourth-order valence-electron chi connectivity index (χ4n) is 12.3. The van der Waals surface area contributed by atoms with Crippen LogP contribution in [0.4, 0.5) is 18.0 Å². The van der Waals surface area contributed by atoms with Gasteiger partial charge in [-0.05, 0) is 137 Å². The summed E-state index contributed by atoms with van der Waals surface area (Å²) in [5.41, 5.74) is -0.735. The van der Waals surface area contributed by atoms with E-state index in [2.05, 4.69) is 13.0 Å². The van der Waals surface area contributed by atoms with E-state index in [0.717, 1.165) is 57.1 Å². The lowest BCUT2D eigenvalue weighted by Gasteiger charge is -2.54. The molecule has 68 heavy (non-hydrogen) atoms. The molecule has 0 bridgehead atoms. The molecule has 15 heteroatoms. The number of unbranched alkanes of at least 4 members (excludes halogenated alkanes) is 1. The number of carbonyl (C=O) groups is 4. The van der Waals surface area contributed by atoms with Crippen LogP contribution in [0.2, 0.25) is 0 Å². The van der Waals surface area contributed by atoms with Gasteiger partial charge in [0.2, 0.25) is 5.78 Å². The zero-order chi connectivity index (χ0) is 48.9. The van der Waals surface area contributed by atoms with Crippen LogP contribution in [0, 0.1) is 46.3 Å². The van der Waals surface area contributed by atoms with E-state index in [-0.39, 0.29) is 78.6 Å². The molecule has 0 aromatic heterocycles. The van der Waals surface area contributed by atoms with E-state index < -0.39 is 65.5 Å². The van der Waals surface area contributed by atoms with Crippen molar-refractivity contribution < 1.29 is 71.7 Å². The second kappa shape index (κ2) is 21.8. The average Bonchev–Trinajstić information content (AvgIpc) is 3.75. The third-order valence-corrected chi connectivity index (χ3v) is 16.5. The Morgan fingerprint density at radius 1 is 0.926 bits per heavy atom. The van der Waals surface area contributed by atoms with E-state index in [1.807, 2.05) is 25.2 Å². The van der Waals surface area contributed by atoms with Crippen LogP contribution in [0.1, 0.15) is 122 Å². The quantitative estimate of drug-likeness (QED) is 0.0624. The smallest absolute Gasteiger partial charge is 0.491 e. The maximum absolute atomic E-state index is 13.6. The summed E-state index contributed by atoms with van der Waals surface area (Å²) in [5, 5.41) is 43.5. The Morgan fingerprint density at radius 2 is 1.66 bits per heavy atom. The first-order chi connectivity index (χ1) is 32.3. The number of rotatable bonds is 18. The molecule has 374 valence electrons. The predicted molar refractivity (Wildman–Crippen MR) is 244 cm³/mol. The van der Waals surface area contributed by atoms with Gasteiger partial charge >= 0.3 is 18.3 Å². The maximum atomic E-state index is 13.6. The molecule has 4 fully saturated rings. The van der Waals surface area contributed by atoms with Crippen LogP contribution in [-0.2, 0) is 34.8 Å². The molecular formula is C53H69F3O12. The summed E-state index contributed by atoms with van der Waals surface area (Å²) in [5.74, 6) is -0.726. The van der Waals surface area contributed by atoms with Gasteiger partial charge in [0.25, 0.3) is 0 Å². The standard InChI is InChI=1S/C53H69F3O12/c1-50-23-20-37(57)26-35(50)16-18-42-43(50)21-24-51(2)44(42)22-25-52(51,64)47(61)32-68-49(63)67-30-34-14-12-33(13-15-34)29-66-48(62)11-6-4-3-5-10-40-41(46(60)28-45(40)59)19-17-38(58)31-65-39-9-7-8-36(27-39)53(54,55)56/h3,5,7-9,17,19,21,26-27,33-34,38,40-42,44-46,58-60,64H,4,6,10-16,18,20,22-25,28-32H2,1-2H3/b5-3-,19-17+/t33?,34?,38-,40-,41-,42-,44+,45+,46-,50+,51+,52+/m1/s1. The third-order valence-electron chi connectivity index (χ3n) is 16.5. The largest absolute Gasteiger partial charge is 0.508 e. The zero-order valence-corrected chi connectivity index (χ0v) is 39.3. The number of esters is 1. The number of carbonyl (C=O) groups excluding carboxylic acids is 4. The molecule has 6 aliphatic carbocycles. The highest BCUT2D eigenvalue weighted by Gasteiger charge is 2.64. The second-order valence-corrected chi connectivity index (χ2v) is 20.7. The Hall–Kier alpha value is -4.31. The third kappa shape index (κ3) is 11.6. The first-order valence-electron chi connectivity index (χ1n) is 24.6. The van der Waals surface area contributed by atoms with Crippen molar-refractivity contribution in [2.45, 2.75) is 147 Å². The molecule has 0 heterocycles. The van der Waals surface area contributed by atoms with Crippen molar-refractivity contribution in [2.24, 2.45) is 46.3 Å². The van der Waals surface area contributed by atoms with Gasteiger partial charge in [-0.1, -0.05) is 61.4 Å². The number of aliphatic hydroxyl groups excluding tert-OH is 3. The molecule has 0 unspecified atom stereocenters. The van der Waals surface area contributed by atoms with E-state index in [1.54, 1.807) is 6.08 Å². The van der Waals surface area contributed by atoms with Gasteiger partial charge in [-0.2, -0.15) is 13.2 Å². The van der Waals surface area contributed by atoms with Crippen LogP contribution >= 0.6 is 0 Å². The number of hydrogen-bond acceptors (Lipinski definition) is 12. The summed E-state index contributed by atoms with van der Waals surface area (Å²) in [6.07, 6.45) is 12.6. The molecule has 1 aromatic rings. The van der Waals surface area contributed by atoms with Crippen molar-refractivity contribution in [3.05, 3.63) is 77.4 Å². The van der Waals surface area contributed by atoms with Gasteiger partial charge in [-0.25, -0.2) is 4.79 Å². The molecule has 0 aliphatic heterocycles. The van der Waals surface area contributed by atoms with Gasteiger partial charge in [0.15, 0.2) is 12.4 Å². The molecule has 0 radical (unpaired) electrons. The maximum Gasteiger partial charge on any atom is 0.508 e. The summed E-state index contributed by atoms with van der Waals surface area (Å²) in [4.78, 5) is 50.9. The summed E-state index contributed by atoms with van der Waals surface area (Å²) < 4.78 is 60.6. The van der Waals surface area contributed by atoms with Crippen molar-refractivity contribution in [3.63, 3.8) is 0 Å². The molecule has 10 atom stereocenters. The number of Topliss-reactive ketones (excluding diaryl/α,β-unsaturated/α-hetero) is 1. The minimum atomic E-state index is -4.52. The highest BCUT2D eigenvalue weighted by molar-refractivity contribution is 5.92. The zero-order valence-electron chi connectivity index (χ0n) is 39.3. The monoisotopic (exact) mass is 954 g/mol. The molecule has 7 rings (SSSR count). The first-order valence-corrected chi connectivity index (χ1v) is 24.6. The van der Waals surface area contributed by atoms with Gasteiger partial charge in [0, 0.05) is 36.0 Å². The van der Waals surface area contributed by atoms with Gasteiger partial charge in [0.1, 0.15) is 24.1 Å². The van der Waals surface area contributed by atoms with Crippen LogP contribution in [0.25, 0.3) is 0 Å². The van der Waals surface area contributed by atoms with Gasteiger partial charge in [0.05, 0.1) is 31.0 Å². The van der Waals surface area contributed by atoms with Crippen molar-refractivity contribution in [3.8, 4) is 5.75 Å². The minimum Gasteiger partial charge on any atom is -0.491 e. The van der Waals surface area contributed by atoms with E-state index in [1.165, 1.54) is 29.4 Å². The molecule has 6 aliphatic rings. The van der Waals surface area contributed by atoms with Crippen LogP contribution in [0.3, 0.4) is 0 Å². The fourth-order valence-corrected chi connectivity index (χ4v) is 12.3. The molecule has 4 N–H and O–H groups in total. The number of ether oxygens (including phenoxy) is 4. The van der Waals surface area contributed by atoms with Crippen LogP contribution in [0.5, 0.6) is 5.75 Å². The fraction of sp³-hybridized carbons (Fsp3) is 0.660. The molecule has 1 aromatic carbocycles. The number of alkyl halides is 3. The van der Waals surface area contributed by atoms with Crippen molar-refractivity contribution in [1.29, 1.82) is 0 Å². The van der Waals surface area contributed by atoms with Gasteiger partial charge in [-0.3, -0.25) is 14.4 Å². The summed E-state index contributed by atoms with van der Waals surface area (Å²) in [7, 11) is 0. The predicted octanol–water partition coefficient (Wildman–Crippen LogP) is 8.73. The first kappa shape index (κ1) is 51.5. The van der Waals surface area contributed by atoms with Crippen LogP contribution < -0.4 is 4.74 Å². The van der Waals surface area contributed by atoms with Gasteiger partial charge in [-0.15, -0.1) is 0 Å². The lowest BCUT2D eigenvalue weighted by Crippen LogP contribution is -2.55. The van der Waals surface area contributed by atoms with E-state index in [0.29, 0.717) is 51.6 Å². The number of hydrogen-bond donors (Lipinski definition) is 4. The number of halogens is 3. The number of allylic oxidation sites excluding steroid dienone is 6. The van der Waals surface area contributed by atoms with E-state index in [4.69, 9.17) is 18.9 Å². The molecular weight excluding hydrogens is 886 g/mol. The molecule has 0 amide bonds. The SMILES string of the molecule is C[C@]12CCC(=O)C=C1CC[C@@H]1C2=CC[C@@]2(C)[C@H]1CC[C@]2(O)C(=O)COC(=O)OCC1CCC(COC(=O)CCC/C=C\C[C@@H]2[C@@H](/C=C/[C@@H](O)COc3cccc(C(F)(F)F)c3)[C@H](O)C[C@@H]2O)CC1. The normalized spacial score (nSPS) is 34.1. The number of fused-ring (bicyclic) bond motifs is 5. The van der Waals surface area contributed by atoms with E-state index >= 15 is 0 Å². The van der Waals surface area contributed by atoms with Crippen LogP contribution in [-0.4, -0.2) is 94.5 Å². The van der Waals surface area contributed by atoms with Crippen molar-refractivity contribution in [1.82, 2.24) is 0 Å². The Bertz CT molecular complexity index is 2110. The number of benzene rings is 1. The molecule has 4 saturated carbocycles. The average molecular weight is 955 g/mol. The topological polar surface area (TPSA) is 186 Å². The Kier molecular flexibility index (Phi) is 16.5. The van der Waals surface area contributed by atoms with Crippen LogP contribution in [0.15, 0.2) is 71.9 Å². The molecule has 12 nitrogen and oxygen atoms in total. The number of ketones is 2. The van der Waals surface area contributed by atoms with Gasteiger partial charge < -0.3 is 39.4 Å². The Morgan fingerprint density at radius 3 is 2.40 bits per heavy atom. The highest BCUT2D eigenvalue weighted by atomic mass is 19.4. The lowest BCUT2D eigenvalue weighted by molar-refractivity contribution is -0.156. The summed E-state index contributed by atoms with van der Waals surface area (Å²) in [6, 6.07) is 4.37. The number of aliphatic hydroxyl groups is 4. The summed E-state index contributed by atoms with van der Waals surface area (Å²) in [6.45, 7) is 3.85. The Balaban J connectivity index is 0.742. The molecule has 0 spiro atoms. The van der Waals surface area contributed by atoms with E-state index in [9.17, 15) is 52.8 Å². The minimum absolute atomic E-state index is 0.0333. The highest BCUT2D eigenvalue weighted by Crippen LogP contribution is 2.65. The summed E-state index contributed by atoms with van der Waals surface area (Å²) >= 11 is 0. The van der Waals surface area contributed by atoms with Crippen molar-refractivity contribution >= 4 is 23.7 Å². The Labute approximate surface area is 397 Å². The van der Waals surface area contributed by atoms with Crippen molar-refractivity contribution in [2.75, 3.05) is 26.4 Å². The lowest BCUT2D eigenvalue weighted by atomic mass is 9.50.